The van der Waals surface area contributed by atoms with E-state index in [0.717, 1.165) is 5.56 Å². The zero-order valence-electron chi connectivity index (χ0n) is 15.4. The number of amides is 3. The first kappa shape index (κ1) is 19.2. The highest BCUT2D eigenvalue weighted by Gasteiger charge is 2.16. The molecular formula is C20H21N3O5. The molecule has 0 aliphatic carbocycles. The van der Waals surface area contributed by atoms with Gasteiger partial charge in [0.05, 0.1) is 6.54 Å². The third-order valence-corrected chi connectivity index (χ3v) is 4.06. The number of nitrogens with one attached hydrogen (secondary N) is 3. The van der Waals surface area contributed by atoms with Crippen LogP contribution in [0.5, 0.6) is 11.5 Å². The van der Waals surface area contributed by atoms with Crippen LogP contribution in [0.3, 0.4) is 0 Å². The Hall–Kier alpha value is -3.55. The molecule has 28 heavy (non-hydrogen) atoms. The predicted molar refractivity (Wildman–Crippen MR) is 101 cm³/mol. The van der Waals surface area contributed by atoms with Crippen molar-refractivity contribution in [2.75, 3.05) is 19.9 Å². The monoisotopic (exact) mass is 383 g/mol. The average Bonchev–Trinajstić information content (AvgIpc) is 3.18. The van der Waals surface area contributed by atoms with Crippen LogP contribution in [0.2, 0.25) is 0 Å². The maximum Gasteiger partial charge on any atom is 0.251 e. The second-order valence-electron chi connectivity index (χ2n) is 6.09. The number of carbonyl (C=O) groups excluding carboxylic acids is 3. The molecule has 3 rings (SSSR count). The number of fused-ring (bicyclic) bond motifs is 1. The van der Waals surface area contributed by atoms with Gasteiger partial charge in [-0.15, -0.1) is 0 Å². The summed E-state index contributed by atoms with van der Waals surface area (Å²) in [5.74, 6) is 0.212. The molecule has 0 unspecified atom stereocenters. The zero-order chi connectivity index (χ0) is 19.9. The van der Waals surface area contributed by atoms with Crippen LogP contribution in [-0.4, -0.2) is 37.6 Å². The molecule has 0 saturated heterocycles. The summed E-state index contributed by atoms with van der Waals surface area (Å²) in [6, 6.07) is 11.8. The minimum Gasteiger partial charge on any atom is -0.454 e. The van der Waals surface area contributed by atoms with Gasteiger partial charge in [0.1, 0.15) is 0 Å². The van der Waals surface area contributed by atoms with Gasteiger partial charge in [0.15, 0.2) is 11.5 Å². The van der Waals surface area contributed by atoms with E-state index in [1.807, 2.05) is 13.0 Å². The Morgan fingerprint density at radius 1 is 0.893 bits per heavy atom. The van der Waals surface area contributed by atoms with Crippen LogP contribution < -0.4 is 25.4 Å². The fourth-order valence-corrected chi connectivity index (χ4v) is 2.65. The summed E-state index contributed by atoms with van der Waals surface area (Å²) in [6.45, 7) is 2.61. The van der Waals surface area contributed by atoms with Crippen LogP contribution in [0.1, 0.15) is 33.2 Å². The normalized spacial score (nSPS) is 11.6. The van der Waals surface area contributed by atoms with Gasteiger partial charge in [0.2, 0.25) is 12.7 Å². The summed E-state index contributed by atoms with van der Waals surface area (Å²) in [7, 11) is 0. The van der Waals surface area contributed by atoms with E-state index in [9.17, 15) is 14.4 Å². The SMILES string of the molecule is CCNC(=O)c1cccc(CNC(=O)CNC(=O)c2ccc3c(c2)OCO3)c1. The third-order valence-electron chi connectivity index (χ3n) is 4.06. The van der Waals surface area contributed by atoms with E-state index in [1.165, 1.54) is 0 Å². The Kier molecular flexibility index (Phi) is 6.11. The molecule has 0 aromatic heterocycles. The lowest BCUT2D eigenvalue weighted by molar-refractivity contribution is -0.120. The molecule has 0 bridgehead atoms. The van der Waals surface area contributed by atoms with E-state index in [0.29, 0.717) is 29.2 Å². The van der Waals surface area contributed by atoms with Crippen molar-refractivity contribution in [3.63, 3.8) is 0 Å². The second-order valence-corrected chi connectivity index (χ2v) is 6.09. The Bertz CT molecular complexity index is 897. The Morgan fingerprint density at radius 2 is 1.64 bits per heavy atom. The first-order valence-electron chi connectivity index (χ1n) is 8.88. The first-order chi connectivity index (χ1) is 13.6. The number of benzene rings is 2. The van der Waals surface area contributed by atoms with Crippen molar-refractivity contribution in [2.45, 2.75) is 13.5 Å². The molecule has 8 heteroatoms. The van der Waals surface area contributed by atoms with Gasteiger partial charge in [-0.3, -0.25) is 14.4 Å². The molecule has 0 fully saturated rings. The number of ether oxygens (including phenoxy) is 2. The molecule has 1 heterocycles. The lowest BCUT2D eigenvalue weighted by Gasteiger charge is -2.09. The van der Waals surface area contributed by atoms with Gasteiger partial charge >= 0.3 is 0 Å². The lowest BCUT2D eigenvalue weighted by atomic mass is 10.1. The Balaban J connectivity index is 1.47. The highest BCUT2D eigenvalue weighted by molar-refractivity contribution is 5.97. The van der Waals surface area contributed by atoms with Crippen molar-refractivity contribution in [1.29, 1.82) is 0 Å². The highest BCUT2D eigenvalue weighted by atomic mass is 16.7. The Morgan fingerprint density at radius 3 is 2.46 bits per heavy atom. The molecule has 2 aromatic rings. The molecule has 0 saturated carbocycles. The van der Waals surface area contributed by atoms with Crippen LogP contribution in [0.15, 0.2) is 42.5 Å². The third kappa shape index (κ3) is 4.79. The number of carbonyl (C=O) groups is 3. The Labute approximate surface area is 162 Å². The number of rotatable bonds is 7. The smallest absolute Gasteiger partial charge is 0.251 e. The highest BCUT2D eigenvalue weighted by Crippen LogP contribution is 2.32. The predicted octanol–water partition coefficient (Wildman–Crippen LogP) is 1.21. The first-order valence-corrected chi connectivity index (χ1v) is 8.88. The van der Waals surface area contributed by atoms with E-state index in [2.05, 4.69) is 16.0 Å². The van der Waals surface area contributed by atoms with E-state index < -0.39 is 0 Å². The average molecular weight is 383 g/mol. The maximum absolute atomic E-state index is 12.2. The topological polar surface area (TPSA) is 106 Å². The summed E-state index contributed by atoms with van der Waals surface area (Å²) in [4.78, 5) is 36.0. The summed E-state index contributed by atoms with van der Waals surface area (Å²) in [5.41, 5.74) is 1.70. The molecule has 0 radical (unpaired) electrons. The molecule has 3 N–H and O–H groups in total. The number of hydrogen-bond acceptors (Lipinski definition) is 5. The van der Waals surface area contributed by atoms with Crippen molar-refractivity contribution in [1.82, 2.24) is 16.0 Å². The van der Waals surface area contributed by atoms with Gasteiger partial charge in [-0.05, 0) is 42.8 Å². The summed E-state index contributed by atoms with van der Waals surface area (Å²) in [6.07, 6.45) is 0. The van der Waals surface area contributed by atoms with Gasteiger partial charge in [-0.2, -0.15) is 0 Å². The number of hydrogen-bond donors (Lipinski definition) is 3. The van der Waals surface area contributed by atoms with Gasteiger partial charge < -0.3 is 25.4 Å². The summed E-state index contributed by atoms with van der Waals surface area (Å²) >= 11 is 0. The molecular weight excluding hydrogens is 362 g/mol. The maximum atomic E-state index is 12.2. The van der Waals surface area contributed by atoms with Gasteiger partial charge in [0.25, 0.3) is 11.8 Å². The zero-order valence-corrected chi connectivity index (χ0v) is 15.4. The van der Waals surface area contributed by atoms with Crippen molar-refractivity contribution in [2.24, 2.45) is 0 Å². The lowest BCUT2D eigenvalue weighted by Crippen LogP contribution is -2.36. The molecule has 1 aliphatic heterocycles. The van der Waals surface area contributed by atoms with E-state index in [-0.39, 0.29) is 37.6 Å². The van der Waals surface area contributed by atoms with Crippen molar-refractivity contribution in [3.05, 3.63) is 59.2 Å². The van der Waals surface area contributed by atoms with Crippen molar-refractivity contribution < 1.29 is 23.9 Å². The molecule has 146 valence electrons. The molecule has 8 nitrogen and oxygen atoms in total. The minimum atomic E-state index is -0.383. The quantitative estimate of drug-likeness (QED) is 0.667. The second kappa shape index (κ2) is 8.90. The fraction of sp³-hybridized carbons (Fsp3) is 0.250. The van der Waals surface area contributed by atoms with Gasteiger partial charge in [0, 0.05) is 24.2 Å². The van der Waals surface area contributed by atoms with Gasteiger partial charge in [-0.1, -0.05) is 12.1 Å². The molecule has 0 spiro atoms. The van der Waals surface area contributed by atoms with Crippen LogP contribution in [0.25, 0.3) is 0 Å². The summed E-state index contributed by atoms with van der Waals surface area (Å²) < 4.78 is 10.4. The standard InChI is InChI=1S/C20H21N3O5/c1-2-21-19(25)14-5-3-4-13(8-14)10-22-18(24)11-23-20(26)15-6-7-16-17(9-15)28-12-27-16/h3-9H,2,10-12H2,1H3,(H,21,25)(H,22,24)(H,23,26). The van der Waals surface area contributed by atoms with Crippen molar-refractivity contribution in [3.8, 4) is 11.5 Å². The van der Waals surface area contributed by atoms with Crippen LogP contribution in [-0.2, 0) is 11.3 Å². The van der Waals surface area contributed by atoms with Crippen LogP contribution in [0.4, 0.5) is 0 Å². The minimum absolute atomic E-state index is 0.129. The van der Waals surface area contributed by atoms with Crippen LogP contribution in [0, 0.1) is 0 Å². The van der Waals surface area contributed by atoms with E-state index >= 15 is 0 Å². The fourth-order valence-electron chi connectivity index (χ4n) is 2.65. The van der Waals surface area contributed by atoms with Gasteiger partial charge in [-0.25, -0.2) is 0 Å². The van der Waals surface area contributed by atoms with Crippen LogP contribution >= 0.6 is 0 Å². The molecule has 2 aromatic carbocycles. The molecule has 0 atom stereocenters. The summed E-state index contributed by atoms with van der Waals surface area (Å²) in [5, 5.41) is 8.00. The van der Waals surface area contributed by atoms with E-state index in [1.54, 1.807) is 36.4 Å². The molecule has 3 amide bonds. The molecule has 1 aliphatic rings. The van der Waals surface area contributed by atoms with Crippen molar-refractivity contribution >= 4 is 17.7 Å². The van der Waals surface area contributed by atoms with E-state index in [4.69, 9.17) is 9.47 Å². The largest absolute Gasteiger partial charge is 0.454 e.